The number of nitrogens with zero attached hydrogens (tertiary/aromatic N) is 1. The van der Waals surface area contributed by atoms with Crippen LogP contribution in [0, 0.1) is 0 Å². The van der Waals surface area contributed by atoms with Crippen LogP contribution in [0.5, 0.6) is 11.5 Å². The monoisotopic (exact) mass is 338 g/mol. The molecule has 2 aliphatic rings. The summed E-state index contributed by atoms with van der Waals surface area (Å²) in [6, 6.07) is 17.0. The fourth-order valence-electron chi connectivity index (χ4n) is 3.47. The molecule has 2 aromatic carbocycles. The largest absolute Gasteiger partial charge is 0.486 e. The standard InChI is InChI=1S/C21H26N2O2/c1-2-4-21-20(3-1)24-16-19(25-21)10-9-17-5-7-18(8-6-17)15-23-13-11-22-12-14-23/h1-8,19,22H,9-16H2/t19-/m1/s1. The Hall–Kier alpha value is -2.04. The highest BCUT2D eigenvalue weighted by Gasteiger charge is 2.20. The van der Waals surface area contributed by atoms with Crippen molar-refractivity contribution < 1.29 is 9.47 Å². The Bertz CT molecular complexity index is 681. The molecule has 2 aromatic rings. The predicted octanol–water partition coefficient (Wildman–Crippen LogP) is 2.86. The second-order valence-corrected chi connectivity index (χ2v) is 6.88. The molecule has 0 aliphatic carbocycles. The molecule has 0 radical (unpaired) electrons. The molecule has 0 unspecified atom stereocenters. The predicted molar refractivity (Wildman–Crippen MR) is 99.3 cm³/mol. The van der Waals surface area contributed by atoms with Gasteiger partial charge in [0.15, 0.2) is 11.5 Å². The average molecular weight is 338 g/mol. The number of nitrogens with one attached hydrogen (secondary N) is 1. The van der Waals surface area contributed by atoms with Crippen molar-refractivity contribution in [2.75, 3.05) is 32.8 Å². The Balaban J connectivity index is 1.27. The second kappa shape index (κ2) is 7.89. The lowest BCUT2D eigenvalue weighted by molar-refractivity contribution is 0.0851. The first-order valence-corrected chi connectivity index (χ1v) is 9.26. The lowest BCUT2D eigenvalue weighted by Crippen LogP contribution is -2.42. The van der Waals surface area contributed by atoms with Crippen molar-refractivity contribution in [2.45, 2.75) is 25.5 Å². The normalized spacial score (nSPS) is 20.4. The molecule has 0 bridgehead atoms. The number of hydrogen-bond donors (Lipinski definition) is 1. The van der Waals surface area contributed by atoms with Crippen molar-refractivity contribution in [3.05, 3.63) is 59.7 Å². The fourth-order valence-corrected chi connectivity index (χ4v) is 3.47. The van der Waals surface area contributed by atoms with Crippen LogP contribution >= 0.6 is 0 Å². The maximum atomic E-state index is 6.04. The molecule has 2 heterocycles. The smallest absolute Gasteiger partial charge is 0.161 e. The summed E-state index contributed by atoms with van der Waals surface area (Å²) in [4.78, 5) is 2.51. The van der Waals surface area contributed by atoms with Crippen LogP contribution in [-0.4, -0.2) is 43.8 Å². The zero-order valence-electron chi connectivity index (χ0n) is 14.6. The maximum Gasteiger partial charge on any atom is 0.161 e. The van der Waals surface area contributed by atoms with Crippen LogP contribution in [0.3, 0.4) is 0 Å². The Morgan fingerprint density at radius 3 is 2.44 bits per heavy atom. The lowest BCUT2D eigenvalue weighted by Gasteiger charge is -2.27. The molecule has 4 nitrogen and oxygen atoms in total. The molecular formula is C21H26N2O2. The molecule has 0 saturated carbocycles. The van der Waals surface area contributed by atoms with Crippen LogP contribution < -0.4 is 14.8 Å². The van der Waals surface area contributed by atoms with Gasteiger partial charge in [0.25, 0.3) is 0 Å². The lowest BCUT2D eigenvalue weighted by atomic mass is 10.0. The summed E-state index contributed by atoms with van der Waals surface area (Å²) in [5.74, 6) is 1.72. The van der Waals surface area contributed by atoms with E-state index in [9.17, 15) is 0 Å². The number of hydrogen-bond acceptors (Lipinski definition) is 4. The van der Waals surface area contributed by atoms with Gasteiger partial charge < -0.3 is 14.8 Å². The van der Waals surface area contributed by atoms with E-state index in [1.165, 1.54) is 11.1 Å². The molecule has 25 heavy (non-hydrogen) atoms. The third kappa shape index (κ3) is 4.33. The highest BCUT2D eigenvalue weighted by Crippen LogP contribution is 2.31. The van der Waals surface area contributed by atoms with Crippen molar-refractivity contribution in [2.24, 2.45) is 0 Å². The van der Waals surface area contributed by atoms with Crippen LogP contribution in [0.1, 0.15) is 17.5 Å². The van der Waals surface area contributed by atoms with Crippen LogP contribution in [-0.2, 0) is 13.0 Å². The van der Waals surface area contributed by atoms with Gasteiger partial charge in [0.05, 0.1) is 0 Å². The van der Waals surface area contributed by atoms with Crippen molar-refractivity contribution in [3.8, 4) is 11.5 Å². The molecule has 4 heteroatoms. The summed E-state index contributed by atoms with van der Waals surface area (Å²) in [7, 11) is 0. The molecule has 4 rings (SSSR count). The topological polar surface area (TPSA) is 33.7 Å². The second-order valence-electron chi connectivity index (χ2n) is 6.88. The van der Waals surface area contributed by atoms with Crippen molar-refractivity contribution in [3.63, 3.8) is 0 Å². The summed E-state index contributed by atoms with van der Waals surface area (Å²) in [6.45, 7) is 6.18. The van der Waals surface area contributed by atoms with Gasteiger partial charge in [-0.15, -0.1) is 0 Å². The third-order valence-corrected chi connectivity index (χ3v) is 4.96. The van der Waals surface area contributed by atoms with Gasteiger partial charge in [-0.25, -0.2) is 0 Å². The first kappa shape index (κ1) is 16.4. The van der Waals surface area contributed by atoms with Crippen molar-refractivity contribution in [1.82, 2.24) is 10.2 Å². The molecule has 0 aromatic heterocycles. The van der Waals surface area contributed by atoms with Crippen LogP contribution in [0.15, 0.2) is 48.5 Å². The molecule has 1 N–H and O–H groups in total. The van der Waals surface area contributed by atoms with Crippen molar-refractivity contribution in [1.29, 1.82) is 0 Å². The van der Waals surface area contributed by atoms with Gasteiger partial charge >= 0.3 is 0 Å². The molecule has 132 valence electrons. The van der Waals surface area contributed by atoms with E-state index in [1.54, 1.807) is 0 Å². The molecule has 1 atom stereocenters. The van der Waals surface area contributed by atoms with E-state index in [-0.39, 0.29) is 6.10 Å². The maximum absolute atomic E-state index is 6.04. The Morgan fingerprint density at radius 1 is 0.920 bits per heavy atom. The summed E-state index contributed by atoms with van der Waals surface area (Å²) in [5, 5.41) is 3.40. The first-order valence-electron chi connectivity index (χ1n) is 9.26. The van der Waals surface area contributed by atoms with E-state index in [0.29, 0.717) is 6.61 Å². The minimum Gasteiger partial charge on any atom is -0.486 e. The SMILES string of the molecule is c1ccc2c(c1)OC[C@@H](CCc1ccc(CN3CCNCC3)cc1)O2. The highest BCUT2D eigenvalue weighted by atomic mass is 16.6. The van der Waals surface area contributed by atoms with E-state index in [0.717, 1.165) is 57.1 Å². The number of benzene rings is 2. The molecule has 2 aliphatic heterocycles. The molecule has 1 saturated heterocycles. The van der Waals surface area contributed by atoms with Gasteiger partial charge in [0.1, 0.15) is 12.7 Å². The fraction of sp³-hybridized carbons (Fsp3) is 0.429. The summed E-state index contributed by atoms with van der Waals surface area (Å²) in [6.07, 6.45) is 2.13. The molecule has 1 fully saturated rings. The van der Waals surface area contributed by atoms with Gasteiger partial charge in [-0.2, -0.15) is 0 Å². The summed E-state index contributed by atoms with van der Waals surface area (Å²) >= 11 is 0. The van der Waals surface area contributed by atoms with Gasteiger partial charge in [0, 0.05) is 32.7 Å². The van der Waals surface area contributed by atoms with Crippen LogP contribution in [0.4, 0.5) is 0 Å². The molecule has 0 spiro atoms. The minimum absolute atomic E-state index is 0.135. The van der Waals surface area contributed by atoms with Crippen molar-refractivity contribution >= 4 is 0 Å². The Labute approximate surface area is 149 Å². The average Bonchev–Trinajstić information content (AvgIpc) is 2.68. The summed E-state index contributed by atoms with van der Waals surface area (Å²) in [5.41, 5.74) is 2.77. The number of fused-ring (bicyclic) bond motifs is 1. The number of aryl methyl sites for hydroxylation is 1. The highest BCUT2D eigenvalue weighted by molar-refractivity contribution is 5.40. The zero-order chi connectivity index (χ0) is 16.9. The van der Waals surface area contributed by atoms with Crippen LogP contribution in [0.25, 0.3) is 0 Å². The zero-order valence-corrected chi connectivity index (χ0v) is 14.6. The first-order chi connectivity index (χ1) is 12.4. The third-order valence-electron chi connectivity index (χ3n) is 4.96. The van der Waals surface area contributed by atoms with Gasteiger partial charge in [0.2, 0.25) is 0 Å². The van der Waals surface area contributed by atoms with E-state index in [1.807, 2.05) is 24.3 Å². The number of rotatable bonds is 5. The van der Waals surface area contributed by atoms with Crippen LogP contribution in [0.2, 0.25) is 0 Å². The van der Waals surface area contributed by atoms with E-state index in [2.05, 4.69) is 34.5 Å². The minimum atomic E-state index is 0.135. The van der Waals surface area contributed by atoms with Gasteiger partial charge in [-0.3, -0.25) is 4.90 Å². The summed E-state index contributed by atoms with van der Waals surface area (Å²) < 4.78 is 11.8. The number of piperazine rings is 1. The molecular weight excluding hydrogens is 312 g/mol. The van der Waals surface area contributed by atoms with E-state index >= 15 is 0 Å². The van der Waals surface area contributed by atoms with Gasteiger partial charge in [-0.1, -0.05) is 36.4 Å². The quantitative estimate of drug-likeness (QED) is 0.909. The van der Waals surface area contributed by atoms with Gasteiger partial charge in [-0.05, 0) is 36.1 Å². The number of ether oxygens (including phenoxy) is 2. The Morgan fingerprint density at radius 2 is 1.64 bits per heavy atom. The number of para-hydroxylation sites is 2. The molecule has 0 amide bonds. The van der Waals surface area contributed by atoms with E-state index in [4.69, 9.17) is 9.47 Å². The van der Waals surface area contributed by atoms with E-state index < -0.39 is 0 Å². The Kier molecular flexibility index (Phi) is 5.19.